The lowest BCUT2D eigenvalue weighted by molar-refractivity contribution is 0.206. The first kappa shape index (κ1) is 14.5. The van der Waals surface area contributed by atoms with Gasteiger partial charge in [0.2, 0.25) is 0 Å². The second-order valence-corrected chi connectivity index (χ2v) is 5.28. The Kier molecular flexibility index (Phi) is 4.72. The van der Waals surface area contributed by atoms with Crippen LogP contribution in [0, 0.1) is 29.1 Å². The minimum absolute atomic E-state index is 0. The normalized spacial score (nSPS) is 31.2. The molecule has 0 aromatic carbocycles. The van der Waals surface area contributed by atoms with Gasteiger partial charge in [0.1, 0.15) is 0 Å². The Morgan fingerprint density at radius 3 is 2.44 bits per heavy atom. The fraction of sp³-hybridized carbons (Fsp3) is 0.600. The van der Waals surface area contributed by atoms with Gasteiger partial charge < -0.3 is 5.73 Å². The SMILES string of the molecule is C.C[C@@H]1CC(c2ccncc2N)C[C@H](C)C1C#N. The quantitative estimate of drug-likeness (QED) is 0.822. The minimum atomic E-state index is 0. The molecule has 2 unspecified atom stereocenters. The molecule has 3 heteroatoms. The number of nitrogens with zero attached hydrogens (tertiary/aromatic N) is 2. The number of pyridine rings is 1. The summed E-state index contributed by atoms with van der Waals surface area (Å²) in [6.07, 6.45) is 5.63. The van der Waals surface area contributed by atoms with E-state index in [1.807, 2.05) is 6.07 Å². The lowest BCUT2D eigenvalue weighted by Gasteiger charge is -2.36. The van der Waals surface area contributed by atoms with Crippen molar-refractivity contribution in [3.05, 3.63) is 24.0 Å². The van der Waals surface area contributed by atoms with Crippen LogP contribution in [0.15, 0.2) is 18.5 Å². The predicted molar refractivity (Wildman–Crippen MR) is 74.8 cm³/mol. The molecule has 2 rings (SSSR count). The Balaban J connectivity index is 0.00000162. The van der Waals surface area contributed by atoms with E-state index in [4.69, 9.17) is 11.0 Å². The van der Waals surface area contributed by atoms with Crippen LogP contribution in [0.25, 0.3) is 0 Å². The van der Waals surface area contributed by atoms with Crippen LogP contribution in [-0.2, 0) is 0 Å². The van der Waals surface area contributed by atoms with Crippen LogP contribution >= 0.6 is 0 Å². The molecule has 3 nitrogen and oxygen atoms in total. The smallest absolute Gasteiger partial charge is 0.0661 e. The minimum Gasteiger partial charge on any atom is -0.397 e. The highest BCUT2D eigenvalue weighted by atomic mass is 14.7. The van der Waals surface area contributed by atoms with Crippen molar-refractivity contribution < 1.29 is 0 Å². The van der Waals surface area contributed by atoms with Gasteiger partial charge in [-0.2, -0.15) is 5.26 Å². The molecule has 1 aromatic rings. The summed E-state index contributed by atoms with van der Waals surface area (Å²) in [4.78, 5) is 4.03. The highest BCUT2D eigenvalue weighted by molar-refractivity contribution is 5.46. The van der Waals surface area contributed by atoms with Gasteiger partial charge in [0.05, 0.1) is 23.9 Å². The summed E-state index contributed by atoms with van der Waals surface area (Å²) in [6, 6.07) is 4.47. The van der Waals surface area contributed by atoms with Crippen molar-refractivity contribution in [2.45, 2.75) is 40.0 Å². The topological polar surface area (TPSA) is 62.7 Å². The van der Waals surface area contributed by atoms with Gasteiger partial charge >= 0.3 is 0 Å². The third-order valence-electron chi connectivity index (χ3n) is 4.01. The Hall–Kier alpha value is -1.56. The Morgan fingerprint density at radius 1 is 1.33 bits per heavy atom. The van der Waals surface area contributed by atoms with Crippen molar-refractivity contribution in [2.24, 2.45) is 17.8 Å². The summed E-state index contributed by atoms with van der Waals surface area (Å²) in [7, 11) is 0. The van der Waals surface area contributed by atoms with E-state index in [0.29, 0.717) is 17.8 Å². The van der Waals surface area contributed by atoms with Crippen molar-refractivity contribution in [3.63, 3.8) is 0 Å². The molecule has 1 heterocycles. The molecule has 2 N–H and O–H groups in total. The number of hydrogen-bond donors (Lipinski definition) is 1. The van der Waals surface area contributed by atoms with Gasteiger partial charge in [-0.3, -0.25) is 4.98 Å². The van der Waals surface area contributed by atoms with Crippen molar-refractivity contribution in [1.82, 2.24) is 4.98 Å². The fourth-order valence-corrected chi connectivity index (χ4v) is 3.15. The molecule has 0 aliphatic heterocycles. The van der Waals surface area contributed by atoms with Crippen molar-refractivity contribution in [1.29, 1.82) is 5.26 Å². The number of rotatable bonds is 1. The number of nitrogens with two attached hydrogens (primary N) is 1. The van der Waals surface area contributed by atoms with E-state index in [1.165, 1.54) is 5.56 Å². The standard InChI is InChI=1S/C14H19N3.CH4/c1-9-5-11(6-10(2)13(9)7-15)12-3-4-17-8-14(12)16;/h3-4,8-11,13H,5-6,16H2,1-2H3;1H4/t9-,10+,11?,13?;. The van der Waals surface area contributed by atoms with Crippen LogP contribution in [0.1, 0.15) is 45.6 Å². The number of aromatic nitrogens is 1. The summed E-state index contributed by atoms with van der Waals surface area (Å²) in [5.74, 6) is 1.56. The van der Waals surface area contributed by atoms with Gasteiger partial charge in [-0.05, 0) is 42.2 Å². The first-order chi connectivity index (χ1) is 8.13. The van der Waals surface area contributed by atoms with Crippen LogP contribution < -0.4 is 5.73 Å². The van der Waals surface area contributed by atoms with E-state index < -0.39 is 0 Å². The lowest BCUT2D eigenvalue weighted by Crippen LogP contribution is -2.28. The Bertz CT molecular complexity index is 424. The maximum atomic E-state index is 9.16. The fourth-order valence-electron chi connectivity index (χ4n) is 3.15. The van der Waals surface area contributed by atoms with Crippen LogP contribution in [-0.4, -0.2) is 4.98 Å². The summed E-state index contributed by atoms with van der Waals surface area (Å²) in [6.45, 7) is 4.35. The van der Waals surface area contributed by atoms with E-state index in [1.54, 1.807) is 12.4 Å². The number of nitrogen functional groups attached to an aromatic ring is 1. The monoisotopic (exact) mass is 245 g/mol. The molecule has 0 saturated heterocycles. The van der Waals surface area contributed by atoms with Crippen molar-refractivity contribution >= 4 is 5.69 Å². The third-order valence-corrected chi connectivity index (χ3v) is 4.01. The number of anilines is 1. The molecule has 0 radical (unpaired) electrons. The Labute approximate surface area is 110 Å². The van der Waals surface area contributed by atoms with Gasteiger partial charge in [-0.15, -0.1) is 0 Å². The summed E-state index contributed by atoms with van der Waals surface area (Å²) < 4.78 is 0. The highest BCUT2D eigenvalue weighted by Gasteiger charge is 2.34. The van der Waals surface area contributed by atoms with E-state index in [-0.39, 0.29) is 13.3 Å². The summed E-state index contributed by atoms with van der Waals surface area (Å²) in [5, 5.41) is 9.16. The molecule has 1 aromatic heterocycles. The maximum Gasteiger partial charge on any atom is 0.0661 e. The molecule has 18 heavy (non-hydrogen) atoms. The number of hydrogen-bond acceptors (Lipinski definition) is 3. The van der Waals surface area contributed by atoms with Gasteiger partial charge in [-0.25, -0.2) is 0 Å². The van der Waals surface area contributed by atoms with Crippen LogP contribution in [0.4, 0.5) is 5.69 Å². The maximum absolute atomic E-state index is 9.16. The van der Waals surface area contributed by atoms with E-state index in [9.17, 15) is 0 Å². The highest BCUT2D eigenvalue weighted by Crippen LogP contribution is 2.43. The summed E-state index contributed by atoms with van der Waals surface area (Å²) in [5.41, 5.74) is 7.97. The third kappa shape index (κ3) is 2.64. The first-order valence-electron chi connectivity index (χ1n) is 6.22. The predicted octanol–water partition coefficient (Wildman–Crippen LogP) is 3.59. The zero-order valence-corrected chi connectivity index (χ0v) is 10.4. The molecule has 0 spiro atoms. The molecular formula is C15H23N3. The zero-order valence-electron chi connectivity index (χ0n) is 10.4. The van der Waals surface area contributed by atoms with Crippen molar-refractivity contribution in [2.75, 3.05) is 5.73 Å². The molecule has 4 atom stereocenters. The second-order valence-electron chi connectivity index (χ2n) is 5.28. The molecule has 1 saturated carbocycles. The van der Waals surface area contributed by atoms with E-state index in [0.717, 1.165) is 18.5 Å². The molecule has 1 fully saturated rings. The van der Waals surface area contributed by atoms with Gasteiger partial charge in [0, 0.05) is 6.20 Å². The van der Waals surface area contributed by atoms with Gasteiger partial charge in [0.25, 0.3) is 0 Å². The molecule has 1 aliphatic rings. The first-order valence-corrected chi connectivity index (χ1v) is 6.22. The van der Waals surface area contributed by atoms with Crippen LogP contribution in [0.2, 0.25) is 0 Å². The number of nitriles is 1. The largest absolute Gasteiger partial charge is 0.397 e. The molecule has 1 aliphatic carbocycles. The second kappa shape index (κ2) is 5.86. The average Bonchev–Trinajstić information content (AvgIpc) is 2.29. The van der Waals surface area contributed by atoms with Crippen molar-refractivity contribution in [3.8, 4) is 6.07 Å². The van der Waals surface area contributed by atoms with E-state index >= 15 is 0 Å². The Morgan fingerprint density at radius 2 is 1.94 bits per heavy atom. The van der Waals surface area contributed by atoms with Crippen LogP contribution in [0.5, 0.6) is 0 Å². The average molecular weight is 245 g/mol. The van der Waals surface area contributed by atoms with Gasteiger partial charge in [0.15, 0.2) is 0 Å². The molecule has 0 bridgehead atoms. The lowest BCUT2D eigenvalue weighted by atomic mass is 9.68. The van der Waals surface area contributed by atoms with Crippen LogP contribution in [0.3, 0.4) is 0 Å². The van der Waals surface area contributed by atoms with Gasteiger partial charge in [-0.1, -0.05) is 21.3 Å². The summed E-state index contributed by atoms with van der Waals surface area (Å²) >= 11 is 0. The molecule has 0 amide bonds. The van der Waals surface area contributed by atoms with E-state index in [2.05, 4.69) is 24.9 Å². The molecular weight excluding hydrogens is 222 g/mol. The zero-order chi connectivity index (χ0) is 12.4. The molecule has 98 valence electrons.